The topological polar surface area (TPSA) is 50.2 Å². The summed E-state index contributed by atoms with van der Waals surface area (Å²) < 4.78 is 38.4. The van der Waals surface area contributed by atoms with Crippen molar-refractivity contribution >= 4 is 5.91 Å². The van der Waals surface area contributed by atoms with Gasteiger partial charge in [0, 0.05) is 31.3 Å². The lowest BCUT2D eigenvalue weighted by molar-refractivity contribution is -0.141. The van der Waals surface area contributed by atoms with Crippen LogP contribution in [0.5, 0.6) is 0 Å². The molecule has 2 aromatic rings. The van der Waals surface area contributed by atoms with E-state index in [9.17, 15) is 18.0 Å². The Balaban J connectivity index is 1.47. The molecular weight excluding hydrogens is 357 g/mol. The second kappa shape index (κ2) is 8.12. The van der Waals surface area contributed by atoms with Gasteiger partial charge in [0.2, 0.25) is 5.91 Å². The van der Waals surface area contributed by atoms with E-state index in [1.54, 1.807) is 4.68 Å². The fraction of sp³-hybridized carbons (Fsp3) is 0.474. The smallest absolute Gasteiger partial charge is 0.347 e. The lowest BCUT2D eigenvalue weighted by atomic mass is 9.95. The van der Waals surface area contributed by atoms with Crippen molar-refractivity contribution in [3.63, 3.8) is 0 Å². The molecule has 1 amide bonds. The van der Waals surface area contributed by atoms with Gasteiger partial charge in [0.05, 0.1) is 6.20 Å². The molecule has 3 rings (SSSR count). The zero-order valence-corrected chi connectivity index (χ0v) is 15.2. The molecule has 8 heteroatoms. The molecule has 2 heterocycles. The highest BCUT2D eigenvalue weighted by molar-refractivity contribution is 5.78. The number of halogens is 3. The highest BCUT2D eigenvalue weighted by Gasteiger charge is 2.31. The van der Waals surface area contributed by atoms with Crippen LogP contribution in [0.3, 0.4) is 0 Å². The maximum atomic E-state index is 12.2. The Morgan fingerprint density at radius 1 is 1.19 bits per heavy atom. The van der Waals surface area contributed by atoms with Crippen LogP contribution in [0, 0.1) is 5.92 Å². The number of aromatic nitrogens is 2. The minimum atomic E-state index is -4.36. The van der Waals surface area contributed by atoms with Gasteiger partial charge in [-0.15, -0.1) is 0 Å². The molecule has 1 fully saturated rings. The van der Waals surface area contributed by atoms with Gasteiger partial charge < -0.3 is 5.32 Å². The van der Waals surface area contributed by atoms with E-state index in [4.69, 9.17) is 0 Å². The van der Waals surface area contributed by atoms with E-state index in [0.717, 1.165) is 17.7 Å². The summed E-state index contributed by atoms with van der Waals surface area (Å²) in [6.45, 7) is 0.919. The summed E-state index contributed by atoms with van der Waals surface area (Å²) in [4.78, 5) is 14.1. The number of benzene rings is 1. The Labute approximate surface area is 156 Å². The number of piperidine rings is 1. The van der Waals surface area contributed by atoms with Crippen LogP contribution in [0.4, 0.5) is 13.2 Å². The third kappa shape index (κ3) is 5.56. The molecule has 1 aromatic heterocycles. The van der Waals surface area contributed by atoms with E-state index in [0.29, 0.717) is 25.9 Å². The maximum Gasteiger partial charge on any atom is 0.405 e. The molecule has 0 atom stereocenters. The molecular formula is C19H23F3N4O. The van der Waals surface area contributed by atoms with Gasteiger partial charge >= 0.3 is 6.18 Å². The Morgan fingerprint density at radius 2 is 1.85 bits per heavy atom. The molecule has 0 unspecified atom stereocenters. The molecule has 1 aromatic carbocycles. The van der Waals surface area contributed by atoms with Crippen LogP contribution in [0.1, 0.15) is 18.4 Å². The number of nitrogens with zero attached hydrogens (tertiary/aromatic N) is 3. The van der Waals surface area contributed by atoms with Gasteiger partial charge in [-0.25, -0.2) is 0 Å². The molecule has 1 N–H and O–H groups in total. The quantitative estimate of drug-likeness (QED) is 0.868. The number of alkyl halides is 3. The molecule has 146 valence electrons. The number of aryl methyl sites for hydroxylation is 1. The van der Waals surface area contributed by atoms with Crippen LogP contribution in [-0.2, 0) is 18.4 Å². The second-order valence-electron chi connectivity index (χ2n) is 6.98. The van der Waals surface area contributed by atoms with Gasteiger partial charge in [-0.3, -0.25) is 14.4 Å². The van der Waals surface area contributed by atoms with Crippen LogP contribution in [-0.4, -0.2) is 46.4 Å². The first-order valence-corrected chi connectivity index (χ1v) is 8.95. The van der Waals surface area contributed by atoms with Crippen molar-refractivity contribution in [2.45, 2.75) is 25.6 Å². The molecule has 0 saturated carbocycles. The monoisotopic (exact) mass is 380 g/mol. The first-order valence-electron chi connectivity index (χ1n) is 8.95. The predicted molar refractivity (Wildman–Crippen MR) is 95.7 cm³/mol. The van der Waals surface area contributed by atoms with Crippen molar-refractivity contribution in [1.82, 2.24) is 20.0 Å². The van der Waals surface area contributed by atoms with Crippen molar-refractivity contribution in [2.24, 2.45) is 13.0 Å². The lowest BCUT2D eigenvalue weighted by Crippen LogP contribution is -2.42. The largest absolute Gasteiger partial charge is 0.405 e. The summed E-state index contributed by atoms with van der Waals surface area (Å²) >= 11 is 0. The molecule has 0 aliphatic carbocycles. The number of hydrogen-bond donors (Lipinski definition) is 1. The number of likely N-dealkylation sites (tertiary alicyclic amines) is 1. The molecule has 27 heavy (non-hydrogen) atoms. The Kier molecular flexibility index (Phi) is 5.84. The van der Waals surface area contributed by atoms with Gasteiger partial charge in [-0.1, -0.05) is 24.3 Å². The first-order chi connectivity index (χ1) is 12.8. The molecule has 1 aliphatic heterocycles. The van der Waals surface area contributed by atoms with Gasteiger partial charge in [-0.05, 0) is 37.1 Å². The summed E-state index contributed by atoms with van der Waals surface area (Å²) in [5, 5.41) is 6.16. The van der Waals surface area contributed by atoms with E-state index < -0.39 is 18.6 Å². The third-order valence-electron chi connectivity index (χ3n) is 4.82. The molecule has 0 spiro atoms. The number of carbonyl (C=O) groups is 1. The van der Waals surface area contributed by atoms with E-state index >= 15 is 0 Å². The summed E-state index contributed by atoms with van der Waals surface area (Å²) in [6, 6.07) is 8.27. The van der Waals surface area contributed by atoms with Crippen molar-refractivity contribution in [3.05, 3.63) is 42.2 Å². The number of hydrogen-bond acceptors (Lipinski definition) is 3. The lowest BCUT2D eigenvalue weighted by Gasteiger charge is -2.31. The van der Waals surface area contributed by atoms with Crippen molar-refractivity contribution in [1.29, 1.82) is 0 Å². The van der Waals surface area contributed by atoms with E-state index in [-0.39, 0.29) is 5.92 Å². The van der Waals surface area contributed by atoms with Crippen LogP contribution < -0.4 is 5.32 Å². The number of carbonyl (C=O) groups excluding carboxylic acids is 1. The Bertz CT molecular complexity index is 762. The normalized spacial score (nSPS) is 16.4. The third-order valence-corrected chi connectivity index (χ3v) is 4.82. The SMILES string of the molecule is Cn1cc(-c2ccc(CN3CCC(C(=O)NCC(F)(F)F)CC3)cc2)cn1. The average Bonchev–Trinajstić information content (AvgIpc) is 3.07. The highest BCUT2D eigenvalue weighted by Crippen LogP contribution is 2.22. The standard InChI is InChI=1S/C19H23F3N4O/c1-25-12-17(10-24-25)15-4-2-14(3-5-15)11-26-8-6-16(7-9-26)18(27)23-13-19(20,21)22/h2-5,10,12,16H,6-9,11,13H2,1H3,(H,23,27). The number of amides is 1. The number of nitrogens with one attached hydrogen (secondary N) is 1. The zero-order chi connectivity index (χ0) is 19.4. The average molecular weight is 380 g/mol. The molecule has 0 radical (unpaired) electrons. The first kappa shape index (κ1) is 19.4. The summed E-state index contributed by atoms with van der Waals surface area (Å²) in [5.74, 6) is -0.829. The minimum Gasteiger partial charge on any atom is -0.347 e. The van der Waals surface area contributed by atoms with E-state index in [1.165, 1.54) is 5.56 Å². The van der Waals surface area contributed by atoms with Crippen LogP contribution in [0.15, 0.2) is 36.7 Å². The van der Waals surface area contributed by atoms with Crippen molar-refractivity contribution in [3.8, 4) is 11.1 Å². The number of rotatable bonds is 5. The highest BCUT2D eigenvalue weighted by atomic mass is 19.4. The van der Waals surface area contributed by atoms with Gasteiger partial charge in [0.25, 0.3) is 0 Å². The molecule has 0 bridgehead atoms. The van der Waals surface area contributed by atoms with E-state index in [2.05, 4.69) is 34.3 Å². The van der Waals surface area contributed by atoms with Gasteiger partial charge in [-0.2, -0.15) is 18.3 Å². The zero-order valence-electron chi connectivity index (χ0n) is 15.2. The summed E-state index contributed by atoms with van der Waals surface area (Å²) in [5.41, 5.74) is 3.34. The van der Waals surface area contributed by atoms with Crippen molar-refractivity contribution in [2.75, 3.05) is 19.6 Å². The molecule has 5 nitrogen and oxygen atoms in total. The van der Waals surface area contributed by atoms with Gasteiger partial charge in [0.1, 0.15) is 6.54 Å². The van der Waals surface area contributed by atoms with Gasteiger partial charge in [0.15, 0.2) is 0 Å². The fourth-order valence-corrected chi connectivity index (χ4v) is 3.32. The van der Waals surface area contributed by atoms with Crippen LogP contribution in [0.25, 0.3) is 11.1 Å². The second-order valence-corrected chi connectivity index (χ2v) is 6.98. The Hall–Kier alpha value is -2.35. The van der Waals surface area contributed by atoms with E-state index in [1.807, 2.05) is 24.8 Å². The predicted octanol–water partition coefficient (Wildman–Crippen LogP) is 2.98. The minimum absolute atomic E-state index is 0.337. The van der Waals surface area contributed by atoms with Crippen molar-refractivity contribution < 1.29 is 18.0 Å². The Morgan fingerprint density at radius 3 is 2.41 bits per heavy atom. The molecule has 1 aliphatic rings. The summed E-state index contributed by atoms with van der Waals surface area (Å²) in [7, 11) is 1.88. The molecule has 1 saturated heterocycles. The van der Waals surface area contributed by atoms with Crippen LogP contribution >= 0.6 is 0 Å². The fourth-order valence-electron chi connectivity index (χ4n) is 3.32. The summed E-state index contributed by atoms with van der Waals surface area (Å²) in [6.07, 6.45) is 0.584. The maximum absolute atomic E-state index is 12.2. The van der Waals surface area contributed by atoms with Crippen LogP contribution in [0.2, 0.25) is 0 Å².